The van der Waals surface area contributed by atoms with Gasteiger partial charge in [-0.2, -0.15) is 0 Å². The minimum absolute atomic E-state index is 0.0706. The first kappa shape index (κ1) is 18.9. The number of amidine groups is 1. The molecule has 1 aromatic rings. The first-order chi connectivity index (χ1) is 12.2. The fourth-order valence-corrected chi connectivity index (χ4v) is 4.46. The summed E-state index contributed by atoms with van der Waals surface area (Å²) in [5.74, 6) is -0.255. The Bertz CT molecular complexity index is 741. The van der Waals surface area contributed by atoms with Crippen LogP contribution in [0.25, 0.3) is 0 Å². The molecule has 1 saturated carbocycles. The van der Waals surface area contributed by atoms with Gasteiger partial charge in [0.25, 0.3) is 0 Å². The molecule has 0 aliphatic heterocycles. The predicted molar refractivity (Wildman–Crippen MR) is 100 cm³/mol. The highest BCUT2D eigenvalue weighted by Crippen LogP contribution is 2.36. The monoisotopic (exact) mass is 378 g/mol. The van der Waals surface area contributed by atoms with Crippen molar-refractivity contribution in [1.82, 2.24) is 0 Å². The van der Waals surface area contributed by atoms with E-state index < -0.39 is 11.6 Å². The van der Waals surface area contributed by atoms with Crippen molar-refractivity contribution in [2.45, 2.75) is 71.3 Å². The fourth-order valence-electron chi connectivity index (χ4n) is 3.09. The summed E-state index contributed by atoms with van der Waals surface area (Å²) >= 11 is 1.52. The number of carbonyl (C=O) groups is 2. The second-order valence-electron chi connectivity index (χ2n) is 7.94. The number of esters is 1. The Morgan fingerprint density at radius 2 is 1.92 bits per heavy atom. The molecule has 1 aromatic heterocycles. The quantitative estimate of drug-likeness (QED) is 0.279. The van der Waals surface area contributed by atoms with Gasteiger partial charge in [0.15, 0.2) is 0 Å². The van der Waals surface area contributed by atoms with Gasteiger partial charge in [-0.3, -0.25) is 4.79 Å². The third kappa shape index (κ3) is 4.63. The topological polar surface area (TPSA) is 91.0 Å². The number of fused-ring (bicyclic) bond motifs is 1. The van der Waals surface area contributed by atoms with Crippen LogP contribution in [0.5, 0.6) is 0 Å². The summed E-state index contributed by atoms with van der Waals surface area (Å²) in [7, 11) is 0. The molecule has 2 aliphatic rings. The van der Waals surface area contributed by atoms with Gasteiger partial charge in [0.2, 0.25) is 0 Å². The molecule has 26 heavy (non-hydrogen) atoms. The minimum atomic E-state index is -0.558. The van der Waals surface area contributed by atoms with Crippen LogP contribution in [-0.4, -0.2) is 23.4 Å². The van der Waals surface area contributed by atoms with Gasteiger partial charge in [-0.1, -0.05) is 5.16 Å². The van der Waals surface area contributed by atoms with Gasteiger partial charge in [-0.05, 0) is 64.9 Å². The number of carbonyl (C=O) groups excluding carboxylic acids is 2. The Labute approximate surface area is 157 Å². The van der Waals surface area contributed by atoms with E-state index in [1.165, 1.54) is 16.2 Å². The van der Waals surface area contributed by atoms with Crippen molar-refractivity contribution < 1.29 is 19.2 Å². The highest BCUT2D eigenvalue weighted by molar-refractivity contribution is 7.12. The van der Waals surface area contributed by atoms with Crippen LogP contribution in [0.3, 0.4) is 0 Å². The summed E-state index contributed by atoms with van der Waals surface area (Å²) in [6.07, 6.45) is 5.94. The number of oxime groups is 1. The molecule has 6 nitrogen and oxygen atoms in total. The average Bonchev–Trinajstić information content (AvgIpc) is 3.32. The number of thiophene rings is 1. The van der Waals surface area contributed by atoms with Crippen LogP contribution in [0.4, 0.5) is 0 Å². The molecule has 1 heterocycles. The van der Waals surface area contributed by atoms with Gasteiger partial charge >= 0.3 is 11.9 Å². The maximum Gasteiger partial charge on any atom is 0.367 e. The molecule has 2 aliphatic carbocycles. The molecule has 3 rings (SSSR count). The van der Waals surface area contributed by atoms with Crippen molar-refractivity contribution in [1.29, 1.82) is 0 Å². The molecule has 0 spiro atoms. The Kier molecular flexibility index (Phi) is 5.37. The number of nitrogens with two attached hydrogens (primary N) is 1. The van der Waals surface area contributed by atoms with Crippen molar-refractivity contribution in [2.24, 2.45) is 16.8 Å². The Hall–Kier alpha value is -1.89. The Balaban J connectivity index is 1.82. The molecule has 0 atom stereocenters. The van der Waals surface area contributed by atoms with Crippen LogP contribution in [0.1, 0.15) is 72.1 Å². The molecule has 0 aromatic carbocycles. The number of hydrogen-bond donors (Lipinski definition) is 1. The molecular weight excluding hydrogens is 352 g/mol. The number of nitrogens with zero attached hydrogens (tertiary/aromatic N) is 1. The van der Waals surface area contributed by atoms with Crippen LogP contribution in [0.2, 0.25) is 0 Å². The lowest BCUT2D eigenvalue weighted by molar-refractivity contribution is -0.153. The molecular formula is C19H26N2O4S. The largest absolute Gasteiger partial charge is 0.460 e. The first-order valence-corrected chi connectivity index (χ1v) is 9.96. The van der Waals surface area contributed by atoms with Crippen LogP contribution in [-0.2, 0) is 33.6 Å². The van der Waals surface area contributed by atoms with E-state index in [0.29, 0.717) is 16.3 Å². The van der Waals surface area contributed by atoms with E-state index in [1.807, 2.05) is 20.8 Å². The number of ether oxygens (including phenoxy) is 1. The van der Waals surface area contributed by atoms with Gasteiger partial charge in [0.05, 0.1) is 12.0 Å². The average molecular weight is 378 g/mol. The summed E-state index contributed by atoms with van der Waals surface area (Å²) in [5, 5.41) is 3.80. The second kappa shape index (κ2) is 7.39. The second-order valence-corrected chi connectivity index (χ2v) is 9.13. The van der Waals surface area contributed by atoms with E-state index in [0.717, 1.165) is 44.1 Å². The van der Waals surface area contributed by atoms with Gasteiger partial charge < -0.3 is 15.3 Å². The fraction of sp³-hybridized carbons (Fsp3) is 0.632. The van der Waals surface area contributed by atoms with Gasteiger partial charge in [0.1, 0.15) is 11.4 Å². The van der Waals surface area contributed by atoms with Gasteiger partial charge in [0, 0.05) is 15.7 Å². The zero-order valence-corrected chi connectivity index (χ0v) is 16.4. The summed E-state index contributed by atoms with van der Waals surface area (Å²) < 4.78 is 5.41. The molecule has 0 saturated heterocycles. The minimum Gasteiger partial charge on any atom is -0.460 e. The van der Waals surface area contributed by atoms with Crippen molar-refractivity contribution in [3.05, 3.63) is 20.9 Å². The van der Waals surface area contributed by atoms with E-state index in [9.17, 15) is 9.59 Å². The van der Waals surface area contributed by atoms with Crippen LogP contribution < -0.4 is 5.73 Å². The van der Waals surface area contributed by atoms with Crippen LogP contribution >= 0.6 is 11.3 Å². The highest BCUT2D eigenvalue weighted by atomic mass is 32.1. The Morgan fingerprint density at radius 1 is 1.23 bits per heavy atom. The van der Waals surface area contributed by atoms with E-state index in [2.05, 4.69) is 5.16 Å². The zero-order chi connectivity index (χ0) is 18.9. The Morgan fingerprint density at radius 3 is 2.58 bits per heavy atom. The molecule has 0 radical (unpaired) electrons. The maximum atomic E-state index is 12.7. The molecule has 0 bridgehead atoms. The lowest BCUT2D eigenvalue weighted by Crippen LogP contribution is -2.25. The standard InChI is InChI=1S/C19H26N2O4S/c1-19(2,3)24-15(22)10-14-16(12-6-4-5-7-13(12)26-14)18(23)25-21-17(20)11-8-9-11/h11H,4-10H2,1-3H3,(H2,20,21). The summed E-state index contributed by atoms with van der Waals surface area (Å²) in [5.41, 5.74) is 6.74. The van der Waals surface area contributed by atoms with E-state index in [4.69, 9.17) is 15.3 Å². The van der Waals surface area contributed by atoms with Crippen LogP contribution in [0, 0.1) is 5.92 Å². The smallest absolute Gasteiger partial charge is 0.367 e. The number of hydrogen-bond acceptors (Lipinski definition) is 6. The van der Waals surface area contributed by atoms with Crippen molar-refractivity contribution in [2.75, 3.05) is 0 Å². The third-order valence-electron chi connectivity index (χ3n) is 4.40. The molecule has 7 heteroatoms. The maximum absolute atomic E-state index is 12.7. The van der Waals surface area contributed by atoms with E-state index in [-0.39, 0.29) is 18.3 Å². The molecule has 0 amide bonds. The normalized spacial score (nSPS) is 17.6. The molecule has 0 unspecified atom stereocenters. The van der Waals surface area contributed by atoms with Crippen molar-refractivity contribution in [3.63, 3.8) is 0 Å². The number of rotatable bonds is 5. The molecule has 1 fully saturated rings. The van der Waals surface area contributed by atoms with Crippen molar-refractivity contribution >= 4 is 29.1 Å². The van der Waals surface area contributed by atoms with E-state index >= 15 is 0 Å². The van der Waals surface area contributed by atoms with Gasteiger partial charge in [-0.25, -0.2) is 4.79 Å². The van der Waals surface area contributed by atoms with E-state index in [1.54, 1.807) is 0 Å². The summed E-state index contributed by atoms with van der Waals surface area (Å²) in [6, 6.07) is 0. The molecule has 2 N–H and O–H groups in total. The molecule has 142 valence electrons. The summed E-state index contributed by atoms with van der Waals surface area (Å²) in [4.78, 5) is 31.9. The van der Waals surface area contributed by atoms with Crippen LogP contribution in [0.15, 0.2) is 5.16 Å². The number of aryl methyl sites for hydroxylation is 1. The third-order valence-corrected chi connectivity index (χ3v) is 5.69. The lowest BCUT2D eigenvalue weighted by Gasteiger charge is -2.19. The summed E-state index contributed by atoms with van der Waals surface area (Å²) in [6.45, 7) is 5.48. The van der Waals surface area contributed by atoms with Crippen molar-refractivity contribution in [3.8, 4) is 0 Å². The highest BCUT2D eigenvalue weighted by Gasteiger charge is 2.30. The predicted octanol–water partition coefficient (Wildman–Crippen LogP) is 3.35. The SMILES string of the molecule is CC(C)(C)OC(=O)Cc1sc2c(c1C(=O)O/N=C(\N)C1CC1)CCCC2. The lowest BCUT2D eigenvalue weighted by atomic mass is 9.94. The van der Waals surface area contributed by atoms with Gasteiger partial charge in [-0.15, -0.1) is 11.3 Å². The first-order valence-electron chi connectivity index (χ1n) is 9.14. The zero-order valence-electron chi connectivity index (χ0n) is 15.6.